The van der Waals surface area contributed by atoms with Crippen molar-refractivity contribution in [1.82, 2.24) is 4.90 Å². The number of esters is 1. The summed E-state index contributed by atoms with van der Waals surface area (Å²) in [4.78, 5) is 48.7. The van der Waals surface area contributed by atoms with Gasteiger partial charge >= 0.3 is 11.9 Å². The molecule has 1 atom stereocenters. The molecule has 0 bridgehead atoms. The third-order valence-corrected chi connectivity index (χ3v) is 5.42. The molecular weight excluding hydrogens is 434 g/mol. The van der Waals surface area contributed by atoms with Gasteiger partial charge in [0.1, 0.15) is 17.6 Å². The van der Waals surface area contributed by atoms with Crippen LogP contribution < -0.4 is 0 Å². The highest BCUT2D eigenvalue weighted by Gasteiger charge is 2.41. The second-order valence-electron chi connectivity index (χ2n) is 6.18. The molecule has 3 rings (SSSR count). The Morgan fingerprint density at radius 3 is 2.67 bits per heavy atom. The molecule has 0 radical (unpaired) electrons. The first-order valence-electron chi connectivity index (χ1n) is 8.79. The van der Waals surface area contributed by atoms with Crippen LogP contribution >= 0.6 is 23.4 Å². The molecule has 1 aliphatic heterocycles. The predicted octanol–water partition coefficient (Wildman–Crippen LogP) is 4.29. The standard InChI is InChI=1S/C20H16ClNO7S/c1-3-28-19(26)10(2)22-17(23)16(30-20(22)27)9-12-5-7-15(29-12)11-4-6-13(18(24)25)14(21)8-11/h4-10H,3H2,1-2H3,(H,24,25)/b16-9+/t10-/m0/s1. The first-order valence-corrected chi connectivity index (χ1v) is 9.99. The van der Waals surface area contributed by atoms with Crippen molar-refractivity contribution in [2.45, 2.75) is 19.9 Å². The Balaban J connectivity index is 1.82. The number of carboxylic acids is 1. The van der Waals surface area contributed by atoms with Gasteiger partial charge in [-0.25, -0.2) is 9.59 Å². The minimum atomic E-state index is -1.14. The van der Waals surface area contributed by atoms with Crippen molar-refractivity contribution < 1.29 is 33.4 Å². The fraction of sp³-hybridized carbons (Fsp3) is 0.200. The molecule has 1 aliphatic rings. The van der Waals surface area contributed by atoms with Crippen LogP contribution in [0, 0.1) is 0 Å². The van der Waals surface area contributed by atoms with Crippen LogP contribution in [0.25, 0.3) is 17.4 Å². The van der Waals surface area contributed by atoms with Gasteiger partial charge in [0.05, 0.1) is 22.1 Å². The number of aromatic carboxylic acids is 1. The lowest BCUT2D eigenvalue weighted by Crippen LogP contribution is -2.42. The molecule has 30 heavy (non-hydrogen) atoms. The summed E-state index contributed by atoms with van der Waals surface area (Å²) >= 11 is 6.68. The molecule has 1 aromatic heterocycles. The second kappa shape index (κ2) is 8.76. The zero-order valence-corrected chi connectivity index (χ0v) is 17.5. The molecule has 0 aliphatic carbocycles. The molecule has 2 amide bonds. The maximum absolute atomic E-state index is 12.6. The number of thioether (sulfide) groups is 1. The highest BCUT2D eigenvalue weighted by molar-refractivity contribution is 8.18. The third-order valence-electron chi connectivity index (χ3n) is 4.22. The number of imide groups is 1. The molecule has 0 spiro atoms. The molecule has 2 aromatic rings. The number of amides is 2. The highest BCUT2D eigenvalue weighted by atomic mass is 35.5. The van der Waals surface area contributed by atoms with Crippen molar-refractivity contribution in [3.8, 4) is 11.3 Å². The molecule has 2 heterocycles. The summed E-state index contributed by atoms with van der Waals surface area (Å²) in [5, 5.41) is 8.54. The molecule has 0 saturated carbocycles. The zero-order valence-electron chi connectivity index (χ0n) is 15.9. The van der Waals surface area contributed by atoms with E-state index in [1.54, 1.807) is 25.1 Å². The number of carbonyl (C=O) groups is 4. The van der Waals surface area contributed by atoms with E-state index >= 15 is 0 Å². The van der Waals surface area contributed by atoms with Gasteiger partial charge in [-0.3, -0.25) is 14.5 Å². The first kappa shape index (κ1) is 21.7. The SMILES string of the molecule is CCOC(=O)[C@H](C)N1C(=O)S/C(=C/c2ccc(-c3ccc(C(=O)O)c(Cl)c3)o2)C1=O. The van der Waals surface area contributed by atoms with Gasteiger partial charge in [0, 0.05) is 11.6 Å². The molecule has 1 fully saturated rings. The lowest BCUT2D eigenvalue weighted by Gasteiger charge is -2.19. The fourth-order valence-corrected chi connectivity index (χ4v) is 3.89. The lowest BCUT2D eigenvalue weighted by atomic mass is 10.1. The number of benzene rings is 1. The normalized spacial score (nSPS) is 16.2. The maximum atomic E-state index is 12.6. The van der Waals surface area contributed by atoms with E-state index in [2.05, 4.69) is 0 Å². The summed E-state index contributed by atoms with van der Waals surface area (Å²) < 4.78 is 10.6. The van der Waals surface area contributed by atoms with Crippen LogP contribution in [0.5, 0.6) is 0 Å². The summed E-state index contributed by atoms with van der Waals surface area (Å²) in [6.07, 6.45) is 1.40. The number of halogens is 1. The van der Waals surface area contributed by atoms with Gasteiger partial charge in [-0.1, -0.05) is 17.7 Å². The number of carbonyl (C=O) groups excluding carboxylic acids is 3. The molecule has 1 saturated heterocycles. The zero-order chi connectivity index (χ0) is 22.0. The Labute approximate surface area is 180 Å². The van der Waals surface area contributed by atoms with Crippen LogP contribution in [0.15, 0.2) is 39.7 Å². The third kappa shape index (κ3) is 4.27. The number of rotatable bonds is 6. The Morgan fingerprint density at radius 1 is 1.30 bits per heavy atom. The average molecular weight is 450 g/mol. The Kier molecular flexibility index (Phi) is 6.33. The van der Waals surface area contributed by atoms with Crippen LogP contribution in [0.4, 0.5) is 4.79 Å². The Hall–Kier alpha value is -3.04. The monoisotopic (exact) mass is 449 g/mol. The summed E-state index contributed by atoms with van der Waals surface area (Å²) in [5.41, 5.74) is 0.519. The number of nitrogens with zero attached hydrogens (tertiary/aromatic N) is 1. The van der Waals surface area contributed by atoms with Crippen LogP contribution in [-0.2, 0) is 14.3 Å². The van der Waals surface area contributed by atoms with E-state index in [1.807, 2.05) is 0 Å². The molecule has 10 heteroatoms. The molecule has 8 nitrogen and oxygen atoms in total. The van der Waals surface area contributed by atoms with Gasteiger partial charge < -0.3 is 14.3 Å². The van der Waals surface area contributed by atoms with Gasteiger partial charge in [0.15, 0.2) is 0 Å². The topological polar surface area (TPSA) is 114 Å². The summed E-state index contributed by atoms with van der Waals surface area (Å²) in [6.45, 7) is 3.20. The van der Waals surface area contributed by atoms with Gasteiger partial charge in [-0.2, -0.15) is 0 Å². The van der Waals surface area contributed by atoms with E-state index in [0.29, 0.717) is 28.8 Å². The van der Waals surface area contributed by atoms with Crippen molar-refractivity contribution in [3.05, 3.63) is 51.6 Å². The Bertz CT molecular complexity index is 1070. The van der Waals surface area contributed by atoms with Gasteiger partial charge in [-0.15, -0.1) is 0 Å². The van der Waals surface area contributed by atoms with E-state index in [-0.39, 0.29) is 22.1 Å². The molecule has 156 valence electrons. The van der Waals surface area contributed by atoms with E-state index in [4.69, 9.17) is 25.9 Å². The van der Waals surface area contributed by atoms with E-state index < -0.39 is 29.1 Å². The smallest absolute Gasteiger partial charge is 0.337 e. The molecular formula is C20H16ClNO7S. The summed E-state index contributed by atoms with van der Waals surface area (Å²) in [7, 11) is 0. The summed E-state index contributed by atoms with van der Waals surface area (Å²) in [5.74, 6) is -1.71. The number of hydrogen-bond donors (Lipinski definition) is 1. The summed E-state index contributed by atoms with van der Waals surface area (Å²) in [6, 6.07) is 6.56. The molecule has 1 N–H and O–H groups in total. The maximum Gasteiger partial charge on any atom is 0.337 e. The predicted molar refractivity (Wildman–Crippen MR) is 110 cm³/mol. The minimum absolute atomic E-state index is 0.0309. The fourth-order valence-electron chi connectivity index (χ4n) is 2.74. The largest absolute Gasteiger partial charge is 0.478 e. The molecule has 1 aromatic carbocycles. The number of furan rings is 1. The minimum Gasteiger partial charge on any atom is -0.478 e. The van der Waals surface area contributed by atoms with Crippen LogP contribution in [0.2, 0.25) is 5.02 Å². The van der Waals surface area contributed by atoms with Gasteiger partial charge in [0.25, 0.3) is 11.1 Å². The van der Waals surface area contributed by atoms with E-state index in [9.17, 15) is 19.2 Å². The quantitative estimate of drug-likeness (QED) is 0.513. The van der Waals surface area contributed by atoms with Crippen molar-refractivity contribution in [2.75, 3.05) is 6.61 Å². The van der Waals surface area contributed by atoms with Gasteiger partial charge in [0.2, 0.25) is 0 Å². The number of carboxylic acid groups (broad SMARTS) is 1. The van der Waals surface area contributed by atoms with Crippen LogP contribution in [0.1, 0.15) is 30.0 Å². The van der Waals surface area contributed by atoms with Crippen molar-refractivity contribution in [2.24, 2.45) is 0 Å². The Morgan fingerprint density at radius 2 is 2.03 bits per heavy atom. The van der Waals surface area contributed by atoms with Crippen LogP contribution in [-0.4, -0.2) is 45.7 Å². The van der Waals surface area contributed by atoms with Crippen molar-refractivity contribution in [1.29, 1.82) is 0 Å². The van der Waals surface area contributed by atoms with E-state index in [1.165, 1.54) is 25.1 Å². The van der Waals surface area contributed by atoms with E-state index in [0.717, 1.165) is 4.90 Å². The van der Waals surface area contributed by atoms with Gasteiger partial charge in [-0.05, 0) is 49.9 Å². The number of hydrogen-bond acceptors (Lipinski definition) is 7. The van der Waals surface area contributed by atoms with Crippen molar-refractivity contribution >= 4 is 52.5 Å². The first-order chi connectivity index (χ1) is 14.2. The van der Waals surface area contributed by atoms with Crippen LogP contribution in [0.3, 0.4) is 0 Å². The second-order valence-corrected chi connectivity index (χ2v) is 7.58. The average Bonchev–Trinajstić information content (AvgIpc) is 3.26. The highest BCUT2D eigenvalue weighted by Crippen LogP contribution is 2.35. The molecule has 0 unspecified atom stereocenters. The number of ether oxygens (including phenoxy) is 1. The van der Waals surface area contributed by atoms with Crippen molar-refractivity contribution in [3.63, 3.8) is 0 Å². The lowest BCUT2D eigenvalue weighted by molar-refractivity contribution is -0.150.